The number of benzene rings is 3. The Hall–Kier alpha value is -4.33. The molecule has 3 aromatic carbocycles. The maximum absolute atomic E-state index is 13.0. The summed E-state index contributed by atoms with van der Waals surface area (Å²) >= 11 is 0. The van der Waals surface area contributed by atoms with Crippen LogP contribution in [0.25, 0.3) is 0 Å². The van der Waals surface area contributed by atoms with E-state index in [4.69, 9.17) is 9.47 Å². The molecule has 0 aliphatic carbocycles. The first kappa shape index (κ1) is 22.8. The van der Waals surface area contributed by atoms with Gasteiger partial charge in [-0.15, -0.1) is 0 Å². The Morgan fingerprint density at radius 2 is 1.41 bits per heavy atom. The number of aryl methyl sites for hydroxylation is 1. The first-order chi connectivity index (χ1) is 16.5. The molecule has 3 aromatic rings. The van der Waals surface area contributed by atoms with Crippen molar-refractivity contribution < 1.29 is 23.9 Å². The summed E-state index contributed by atoms with van der Waals surface area (Å²) in [5.74, 6) is 0.0754. The van der Waals surface area contributed by atoms with Crippen molar-refractivity contribution in [3.8, 4) is 11.5 Å². The van der Waals surface area contributed by atoms with Crippen molar-refractivity contribution in [1.82, 2.24) is 0 Å². The minimum absolute atomic E-state index is 0.0211. The normalized spacial score (nSPS) is 12.6. The van der Waals surface area contributed by atoms with Crippen molar-refractivity contribution in [3.63, 3.8) is 0 Å². The number of hydrogen-bond acceptors (Lipinski definition) is 5. The molecule has 0 atom stereocenters. The van der Waals surface area contributed by atoms with Crippen molar-refractivity contribution in [2.45, 2.75) is 19.3 Å². The molecule has 0 unspecified atom stereocenters. The Kier molecular flexibility index (Phi) is 6.77. The van der Waals surface area contributed by atoms with Crippen LogP contribution in [0.2, 0.25) is 0 Å². The van der Waals surface area contributed by atoms with Crippen LogP contribution in [-0.4, -0.2) is 31.9 Å². The summed E-state index contributed by atoms with van der Waals surface area (Å²) in [6, 6.07) is 17.2. The number of methoxy groups -OCH3 is 2. The lowest BCUT2D eigenvalue weighted by Gasteiger charge is -2.16. The van der Waals surface area contributed by atoms with Gasteiger partial charge in [0.05, 0.1) is 25.6 Å². The topological polar surface area (TPSA) is 106 Å². The predicted molar refractivity (Wildman–Crippen MR) is 130 cm³/mol. The third kappa shape index (κ3) is 5.01. The van der Waals surface area contributed by atoms with Gasteiger partial charge in [-0.3, -0.25) is 14.4 Å². The van der Waals surface area contributed by atoms with E-state index in [0.717, 1.165) is 17.7 Å². The van der Waals surface area contributed by atoms with E-state index in [1.54, 1.807) is 54.6 Å². The second kappa shape index (κ2) is 10.1. The van der Waals surface area contributed by atoms with Crippen LogP contribution >= 0.6 is 0 Å². The minimum Gasteiger partial charge on any atom is -0.494 e. The lowest BCUT2D eigenvalue weighted by Crippen LogP contribution is -2.15. The monoisotopic (exact) mass is 459 g/mol. The molecule has 0 spiro atoms. The van der Waals surface area contributed by atoms with Crippen molar-refractivity contribution >= 4 is 34.8 Å². The van der Waals surface area contributed by atoms with E-state index in [2.05, 4.69) is 16.0 Å². The maximum atomic E-state index is 13.0. The van der Waals surface area contributed by atoms with Gasteiger partial charge >= 0.3 is 0 Å². The summed E-state index contributed by atoms with van der Waals surface area (Å²) in [7, 11) is 2.96. The smallest absolute Gasteiger partial charge is 0.255 e. The minimum atomic E-state index is -0.334. The predicted octanol–water partition coefficient (Wildman–Crippen LogP) is 4.48. The fourth-order valence-corrected chi connectivity index (χ4v) is 3.79. The molecule has 0 aromatic heterocycles. The van der Waals surface area contributed by atoms with Crippen LogP contribution in [0, 0.1) is 0 Å². The first-order valence-electron chi connectivity index (χ1n) is 10.8. The number of amides is 3. The van der Waals surface area contributed by atoms with Gasteiger partial charge in [0.15, 0.2) is 0 Å². The molecule has 0 radical (unpaired) electrons. The summed E-state index contributed by atoms with van der Waals surface area (Å²) in [6.45, 7) is 0. The van der Waals surface area contributed by atoms with Crippen molar-refractivity contribution in [2.24, 2.45) is 0 Å². The number of fused-ring (bicyclic) bond motifs is 1. The zero-order valence-corrected chi connectivity index (χ0v) is 18.9. The Bertz CT molecular complexity index is 1240. The van der Waals surface area contributed by atoms with Crippen molar-refractivity contribution in [1.29, 1.82) is 0 Å². The second-order valence-corrected chi connectivity index (χ2v) is 7.80. The van der Waals surface area contributed by atoms with Gasteiger partial charge in [-0.1, -0.05) is 18.2 Å². The number of carbonyl (C=O) groups excluding carboxylic acids is 3. The molecule has 1 aliphatic rings. The number of nitrogens with one attached hydrogen (secondary N) is 3. The van der Waals surface area contributed by atoms with Crippen LogP contribution in [0.4, 0.5) is 17.1 Å². The molecule has 3 N–H and O–H groups in total. The van der Waals surface area contributed by atoms with E-state index in [-0.39, 0.29) is 17.7 Å². The molecule has 1 aliphatic heterocycles. The highest BCUT2D eigenvalue weighted by molar-refractivity contribution is 6.08. The lowest BCUT2D eigenvalue weighted by atomic mass is 10.0. The van der Waals surface area contributed by atoms with Crippen LogP contribution in [0.15, 0.2) is 60.7 Å². The summed E-state index contributed by atoms with van der Waals surface area (Å²) in [5.41, 5.74) is 3.41. The number of ether oxygens (including phenoxy) is 2. The Morgan fingerprint density at radius 3 is 2.03 bits per heavy atom. The molecule has 174 valence electrons. The number of rotatable bonds is 6. The summed E-state index contributed by atoms with van der Waals surface area (Å²) in [4.78, 5) is 37.4. The highest BCUT2D eigenvalue weighted by Gasteiger charge is 2.19. The van der Waals surface area contributed by atoms with Crippen LogP contribution in [0.3, 0.4) is 0 Å². The Morgan fingerprint density at radius 1 is 0.794 bits per heavy atom. The van der Waals surface area contributed by atoms with E-state index in [0.29, 0.717) is 46.8 Å². The maximum Gasteiger partial charge on any atom is 0.255 e. The molecule has 3 amide bonds. The summed E-state index contributed by atoms with van der Waals surface area (Å²) in [5, 5.41) is 8.53. The van der Waals surface area contributed by atoms with E-state index < -0.39 is 0 Å². The van der Waals surface area contributed by atoms with Gasteiger partial charge in [0.25, 0.3) is 11.8 Å². The average molecular weight is 460 g/mol. The molecular weight excluding hydrogens is 434 g/mol. The van der Waals surface area contributed by atoms with Gasteiger partial charge < -0.3 is 25.4 Å². The molecule has 34 heavy (non-hydrogen) atoms. The quantitative estimate of drug-likeness (QED) is 0.504. The molecule has 0 fully saturated rings. The van der Waals surface area contributed by atoms with Crippen LogP contribution in [0.1, 0.15) is 39.1 Å². The number of hydrogen-bond donors (Lipinski definition) is 3. The Balaban J connectivity index is 1.57. The van der Waals surface area contributed by atoms with Gasteiger partial charge in [-0.2, -0.15) is 0 Å². The lowest BCUT2D eigenvalue weighted by molar-refractivity contribution is -0.116. The fourth-order valence-electron chi connectivity index (χ4n) is 3.79. The van der Waals surface area contributed by atoms with E-state index in [9.17, 15) is 14.4 Å². The molecule has 0 saturated carbocycles. The highest BCUT2D eigenvalue weighted by Crippen LogP contribution is 2.37. The zero-order valence-electron chi connectivity index (χ0n) is 18.9. The summed E-state index contributed by atoms with van der Waals surface area (Å²) < 4.78 is 10.9. The van der Waals surface area contributed by atoms with Gasteiger partial charge in [-0.25, -0.2) is 0 Å². The second-order valence-electron chi connectivity index (χ2n) is 7.80. The van der Waals surface area contributed by atoms with Gasteiger partial charge in [0.2, 0.25) is 5.91 Å². The molecule has 0 bridgehead atoms. The molecular formula is C26H25N3O5. The Labute approximate surface area is 197 Å². The van der Waals surface area contributed by atoms with Crippen molar-refractivity contribution in [2.75, 3.05) is 30.2 Å². The zero-order chi connectivity index (χ0) is 24.1. The first-order valence-corrected chi connectivity index (χ1v) is 10.8. The third-order valence-corrected chi connectivity index (χ3v) is 5.55. The van der Waals surface area contributed by atoms with Gasteiger partial charge in [0, 0.05) is 35.4 Å². The van der Waals surface area contributed by atoms with E-state index in [1.807, 2.05) is 6.07 Å². The standard InChI is InChI=1S/C26H25N3O5/c1-33-22-15-21(23(34-2)14-20(22)28-25(31)16-7-4-3-5-8-16)29-26(32)18-11-12-19-17(13-18)9-6-10-24(30)27-19/h3-5,7-8,11-15H,6,9-10H2,1-2H3,(H,27,30)(H,28,31)(H,29,32). The fraction of sp³-hybridized carbons (Fsp3) is 0.192. The molecule has 8 nitrogen and oxygen atoms in total. The van der Waals surface area contributed by atoms with Gasteiger partial charge in [-0.05, 0) is 48.7 Å². The van der Waals surface area contributed by atoms with Crippen LogP contribution in [-0.2, 0) is 11.2 Å². The average Bonchev–Trinajstić information content (AvgIpc) is 3.04. The van der Waals surface area contributed by atoms with Crippen LogP contribution in [0.5, 0.6) is 11.5 Å². The molecule has 1 heterocycles. The highest BCUT2D eigenvalue weighted by atomic mass is 16.5. The molecule has 0 saturated heterocycles. The largest absolute Gasteiger partial charge is 0.494 e. The van der Waals surface area contributed by atoms with Gasteiger partial charge in [0.1, 0.15) is 11.5 Å². The van der Waals surface area contributed by atoms with E-state index >= 15 is 0 Å². The SMILES string of the molecule is COc1cc(NC(=O)c2ccc3c(c2)CCCC(=O)N3)c(OC)cc1NC(=O)c1ccccc1. The van der Waals surface area contributed by atoms with Crippen LogP contribution < -0.4 is 25.4 Å². The summed E-state index contributed by atoms with van der Waals surface area (Å²) in [6.07, 6.45) is 1.90. The number of carbonyl (C=O) groups is 3. The third-order valence-electron chi connectivity index (χ3n) is 5.55. The number of anilines is 3. The van der Waals surface area contributed by atoms with E-state index in [1.165, 1.54) is 14.2 Å². The molecule has 4 rings (SSSR count). The van der Waals surface area contributed by atoms with Crippen molar-refractivity contribution in [3.05, 3.63) is 77.4 Å². The molecule has 8 heteroatoms.